The predicted octanol–water partition coefficient (Wildman–Crippen LogP) is 4.46. The SMILES string of the molecule is C=C1CC[C@@H](Oc2ccc(C3CC(=O)NS3(=O)=O)cc2)C/C=C\C=C/1Oc1ccc(C#N)cc1. The first-order valence-corrected chi connectivity index (χ1v) is 12.4. The van der Waals surface area contributed by atoms with E-state index in [9.17, 15) is 13.2 Å². The molecule has 1 unspecified atom stereocenters. The van der Waals surface area contributed by atoms with Gasteiger partial charge in [0.25, 0.3) is 0 Å². The number of nitrogens with zero attached hydrogens (tertiary/aromatic N) is 1. The fourth-order valence-corrected chi connectivity index (χ4v) is 5.25. The number of carbonyl (C=O) groups excluding carboxylic acids is 1. The van der Waals surface area contributed by atoms with E-state index in [0.717, 1.165) is 5.57 Å². The molecule has 1 saturated heterocycles. The zero-order chi connectivity index (χ0) is 24.1. The van der Waals surface area contributed by atoms with Gasteiger partial charge in [-0.3, -0.25) is 9.52 Å². The molecule has 0 bridgehead atoms. The molecule has 2 atom stereocenters. The second-order valence-corrected chi connectivity index (χ2v) is 10.0. The van der Waals surface area contributed by atoms with Gasteiger partial charge >= 0.3 is 0 Å². The van der Waals surface area contributed by atoms with Crippen molar-refractivity contribution < 1.29 is 22.7 Å². The summed E-state index contributed by atoms with van der Waals surface area (Å²) in [5.74, 6) is 1.43. The summed E-state index contributed by atoms with van der Waals surface area (Å²) in [4.78, 5) is 11.5. The predicted molar refractivity (Wildman–Crippen MR) is 127 cm³/mol. The number of nitrogens with one attached hydrogen (secondary N) is 1. The van der Waals surface area contributed by atoms with Gasteiger partial charge in [-0.2, -0.15) is 5.26 Å². The second kappa shape index (κ2) is 9.98. The molecule has 1 amide bonds. The van der Waals surface area contributed by atoms with E-state index >= 15 is 0 Å². The van der Waals surface area contributed by atoms with Gasteiger partial charge in [0.2, 0.25) is 15.9 Å². The molecule has 1 aliphatic heterocycles. The van der Waals surface area contributed by atoms with Crippen LogP contribution in [0, 0.1) is 11.3 Å². The van der Waals surface area contributed by atoms with Crippen molar-refractivity contribution in [2.24, 2.45) is 0 Å². The van der Waals surface area contributed by atoms with Crippen molar-refractivity contribution in [2.45, 2.75) is 37.0 Å². The highest BCUT2D eigenvalue weighted by Gasteiger charge is 2.37. The minimum absolute atomic E-state index is 0.0715. The van der Waals surface area contributed by atoms with Crippen LogP contribution in [0.1, 0.15) is 42.1 Å². The van der Waals surface area contributed by atoms with Crippen molar-refractivity contribution in [3.63, 3.8) is 0 Å². The molecule has 2 aromatic rings. The Morgan fingerprint density at radius 3 is 2.41 bits per heavy atom. The number of amides is 1. The average Bonchev–Trinajstić information content (AvgIpc) is 3.14. The summed E-state index contributed by atoms with van der Waals surface area (Å²) in [5, 5.41) is 8.07. The zero-order valence-corrected chi connectivity index (χ0v) is 19.3. The van der Waals surface area contributed by atoms with Gasteiger partial charge in [0, 0.05) is 6.42 Å². The fraction of sp³-hybridized carbons (Fsp3) is 0.231. The van der Waals surface area contributed by atoms with Crippen LogP contribution in [0.25, 0.3) is 0 Å². The maximum atomic E-state index is 12.1. The van der Waals surface area contributed by atoms with E-state index in [1.165, 1.54) is 0 Å². The first-order chi connectivity index (χ1) is 16.3. The van der Waals surface area contributed by atoms with Crippen LogP contribution in [0.3, 0.4) is 0 Å². The Labute approximate surface area is 199 Å². The lowest BCUT2D eigenvalue weighted by molar-refractivity contribution is -0.118. The lowest BCUT2D eigenvalue weighted by Crippen LogP contribution is -2.21. The highest BCUT2D eigenvalue weighted by atomic mass is 32.2. The Balaban J connectivity index is 1.37. The van der Waals surface area contributed by atoms with Crippen LogP contribution in [0.5, 0.6) is 11.5 Å². The van der Waals surface area contributed by atoms with Crippen molar-refractivity contribution >= 4 is 15.9 Å². The lowest BCUT2D eigenvalue weighted by Gasteiger charge is -2.19. The summed E-state index contributed by atoms with van der Waals surface area (Å²) in [7, 11) is -3.67. The maximum Gasteiger partial charge on any atom is 0.242 e. The number of nitriles is 1. The molecule has 1 heterocycles. The van der Waals surface area contributed by atoms with E-state index in [-0.39, 0.29) is 12.5 Å². The molecule has 4 rings (SSSR count). The monoisotopic (exact) mass is 476 g/mol. The molecule has 2 aliphatic rings. The van der Waals surface area contributed by atoms with Crippen LogP contribution >= 0.6 is 0 Å². The molecule has 7 nitrogen and oxygen atoms in total. The Bertz CT molecular complexity index is 1290. The number of sulfonamides is 1. The third kappa shape index (κ3) is 5.56. The molecule has 34 heavy (non-hydrogen) atoms. The van der Waals surface area contributed by atoms with Crippen molar-refractivity contribution in [3.05, 3.63) is 95.8 Å². The van der Waals surface area contributed by atoms with Gasteiger partial charge in [-0.15, -0.1) is 0 Å². The number of carbonyl (C=O) groups is 1. The van der Waals surface area contributed by atoms with Crippen molar-refractivity contribution in [1.29, 1.82) is 5.26 Å². The number of allylic oxidation sites excluding steroid dienone is 3. The Morgan fingerprint density at radius 2 is 1.76 bits per heavy atom. The van der Waals surface area contributed by atoms with E-state index in [2.05, 4.69) is 12.6 Å². The molecule has 1 aliphatic carbocycles. The van der Waals surface area contributed by atoms with E-state index in [0.29, 0.717) is 47.6 Å². The summed E-state index contributed by atoms with van der Waals surface area (Å²) in [6.07, 6.45) is 7.68. The third-order valence-corrected chi connectivity index (χ3v) is 7.37. The van der Waals surface area contributed by atoms with Gasteiger partial charge in [-0.25, -0.2) is 8.42 Å². The highest BCUT2D eigenvalue weighted by molar-refractivity contribution is 7.90. The first-order valence-electron chi connectivity index (χ1n) is 10.9. The molecule has 2 aromatic carbocycles. The van der Waals surface area contributed by atoms with Gasteiger partial charge in [-0.05, 0) is 66.5 Å². The van der Waals surface area contributed by atoms with Crippen molar-refractivity contribution in [3.8, 4) is 17.6 Å². The fourth-order valence-electron chi connectivity index (χ4n) is 3.82. The quantitative estimate of drug-likeness (QED) is 0.683. The molecular weight excluding hydrogens is 452 g/mol. The number of hydrogen-bond donors (Lipinski definition) is 1. The van der Waals surface area contributed by atoms with E-state index in [1.54, 1.807) is 48.5 Å². The molecule has 0 radical (unpaired) electrons. The van der Waals surface area contributed by atoms with E-state index < -0.39 is 21.2 Å². The zero-order valence-electron chi connectivity index (χ0n) is 18.4. The molecule has 1 N–H and O–H groups in total. The molecule has 8 heteroatoms. The number of ether oxygens (including phenoxy) is 2. The Kier molecular flexibility index (Phi) is 6.85. The van der Waals surface area contributed by atoms with Crippen molar-refractivity contribution in [1.82, 2.24) is 4.72 Å². The second-order valence-electron chi connectivity index (χ2n) is 8.15. The Morgan fingerprint density at radius 1 is 1.06 bits per heavy atom. The molecule has 1 fully saturated rings. The molecule has 0 saturated carbocycles. The van der Waals surface area contributed by atoms with E-state index in [4.69, 9.17) is 14.7 Å². The van der Waals surface area contributed by atoms with E-state index in [1.807, 2.05) is 23.0 Å². The third-order valence-electron chi connectivity index (χ3n) is 5.67. The molecule has 0 spiro atoms. The van der Waals surface area contributed by atoms with Crippen LogP contribution in [0.4, 0.5) is 0 Å². The lowest BCUT2D eigenvalue weighted by atomic mass is 10.1. The molecule has 0 aromatic heterocycles. The van der Waals surface area contributed by atoms with Gasteiger partial charge in [0.15, 0.2) is 0 Å². The topological polar surface area (TPSA) is 105 Å². The smallest absolute Gasteiger partial charge is 0.242 e. The molecule has 174 valence electrons. The first kappa shape index (κ1) is 23.3. The van der Waals surface area contributed by atoms with Crippen LogP contribution in [-0.4, -0.2) is 20.4 Å². The van der Waals surface area contributed by atoms with Gasteiger partial charge in [0.05, 0.1) is 18.1 Å². The highest BCUT2D eigenvalue weighted by Crippen LogP contribution is 2.32. The van der Waals surface area contributed by atoms with Crippen molar-refractivity contribution in [2.75, 3.05) is 0 Å². The normalized spacial score (nSPS) is 24.4. The van der Waals surface area contributed by atoms with Gasteiger partial charge < -0.3 is 9.47 Å². The van der Waals surface area contributed by atoms with Crippen LogP contribution < -0.4 is 14.2 Å². The summed E-state index contributed by atoms with van der Waals surface area (Å²) < 4.78 is 38.3. The van der Waals surface area contributed by atoms with Crippen LogP contribution in [0.2, 0.25) is 0 Å². The summed E-state index contributed by atoms with van der Waals surface area (Å²) in [6.45, 7) is 4.16. The standard InChI is InChI=1S/C26H24N2O5S/c1-18-6-11-21(4-2-3-5-24(18)33-23-12-7-19(17-27)8-13-23)32-22-14-9-20(10-15-22)25-16-26(29)28-34(25,30)31/h2-3,5,7-10,12-15,21,25H,1,4,6,11,16H2,(H,28,29)/b3-2-,24-5+/t21-,25?/m0/s1. The van der Waals surface area contributed by atoms with Gasteiger partial charge in [0.1, 0.15) is 28.6 Å². The summed E-state index contributed by atoms with van der Waals surface area (Å²) in [6, 6.07) is 15.8. The maximum absolute atomic E-state index is 12.1. The minimum atomic E-state index is -3.67. The van der Waals surface area contributed by atoms with Gasteiger partial charge in [-0.1, -0.05) is 30.9 Å². The number of hydrogen-bond acceptors (Lipinski definition) is 6. The number of rotatable bonds is 5. The number of benzene rings is 2. The van der Waals surface area contributed by atoms with Crippen LogP contribution in [-0.2, 0) is 14.8 Å². The summed E-state index contributed by atoms with van der Waals surface area (Å²) >= 11 is 0. The summed E-state index contributed by atoms with van der Waals surface area (Å²) in [5.41, 5.74) is 1.96. The minimum Gasteiger partial charge on any atom is -0.490 e. The Hall–Kier alpha value is -3.83. The van der Waals surface area contributed by atoms with Crippen LogP contribution in [0.15, 0.2) is 84.7 Å². The largest absolute Gasteiger partial charge is 0.490 e. The average molecular weight is 477 g/mol. The molecular formula is C26H24N2O5S.